The first-order valence-corrected chi connectivity index (χ1v) is 13.1. The smallest absolute Gasteiger partial charge is 0.303 e. The molecule has 3 aromatic rings. The van der Waals surface area contributed by atoms with Crippen LogP contribution in [0.2, 0.25) is 0 Å². The van der Waals surface area contributed by atoms with Crippen LogP contribution in [0.25, 0.3) is 23.0 Å². The SMILES string of the molecule is CCn1nc(-c2nc(-c3ccc(S(=O)(=O)CCCC(=O)O)cc3C)no2)c2c1CC(C)(C)CC2. The summed E-state index contributed by atoms with van der Waals surface area (Å²) >= 11 is 0. The normalized spacial score (nSPS) is 15.3. The molecule has 34 heavy (non-hydrogen) atoms. The number of hydrogen-bond donors (Lipinski definition) is 1. The van der Waals surface area contributed by atoms with Crippen molar-refractivity contribution < 1.29 is 22.8 Å². The number of carbonyl (C=O) groups is 1. The van der Waals surface area contributed by atoms with Gasteiger partial charge in [0.1, 0.15) is 0 Å². The van der Waals surface area contributed by atoms with Crippen LogP contribution < -0.4 is 0 Å². The molecule has 0 atom stereocenters. The van der Waals surface area contributed by atoms with Crippen LogP contribution in [0.15, 0.2) is 27.6 Å². The van der Waals surface area contributed by atoms with E-state index in [0.717, 1.165) is 37.1 Å². The second-order valence-corrected chi connectivity index (χ2v) is 11.8. The number of carboxylic acid groups (broad SMARTS) is 1. The minimum Gasteiger partial charge on any atom is -0.481 e. The van der Waals surface area contributed by atoms with Crippen molar-refractivity contribution in [2.45, 2.75) is 71.2 Å². The van der Waals surface area contributed by atoms with Gasteiger partial charge in [-0.3, -0.25) is 9.48 Å². The Morgan fingerprint density at radius 2 is 2.06 bits per heavy atom. The minimum absolute atomic E-state index is 0.0680. The molecule has 0 amide bonds. The molecule has 1 N–H and O–H groups in total. The van der Waals surface area contributed by atoms with Crippen molar-refractivity contribution in [3.63, 3.8) is 0 Å². The molecule has 0 saturated carbocycles. The van der Waals surface area contributed by atoms with E-state index in [2.05, 4.69) is 30.9 Å². The molecule has 10 heteroatoms. The lowest BCUT2D eigenvalue weighted by Gasteiger charge is -2.30. The average Bonchev–Trinajstić information content (AvgIpc) is 3.36. The Morgan fingerprint density at radius 1 is 1.29 bits per heavy atom. The maximum absolute atomic E-state index is 12.6. The van der Waals surface area contributed by atoms with E-state index in [1.54, 1.807) is 19.1 Å². The molecule has 1 aromatic carbocycles. The zero-order chi connectivity index (χ0) is 24.7. The van der Waals surface area contributed by atoms with Crippen molar-refractivity contribution in [3.8, 4) is 23.0 Å². The Morgan fingerprint density at radius 3 is 2.74 bits per heavy atom. The molecule has 182 valence electrons. The number of aliphatic carboxylic acids is 1. The van der Waals surface area contributed by atoms with Gasteiger partial charge in [0, 0.05) is 29.8 Å². The third kappa shape index (κ3) is 4.77. The lowest BCUT2D eigenvalue weighted by atomic mass is 9.76. The molecule has 2 heterocycles. The molecule has 0 bridgehead atoms. The van der Waals surface area contributed by atoms with Gasteiger partial charge in [-0.2, -0.15) is 10.1 Å². The molecule has 0 radical (unpaired) electrons. The van der Waals surface area contributed by atoms with E-state index in [9.17, 15) is 13.2 Å². The van der Waals surface area contributed by atoms with Gasteiger partial charge in [-0.15, -0.1) is 0 Å². The van der Waals surface area contributed by atoms with Crippen molar-refractivity contribution in [2.24, 2.45) is 5.41 Å². The molecule has 0 saturated heterocycles. The second kappa shape index (κ2) is 8.98. The Labute approximate surface area is 199 Å². The number of sulfone groups is 1. The summed E-state index contributed by atoms with van der Waals surface area (Å²) in [5.41, 5.74) is 4.70. The minimum atomic E-state index is -3.58. The van der Waals surface area contributed by atoms with E-state index in [-0.39, 0.29) is 28.9 Å². The summed E-state index contributed by atoms with van der Waals surface area (Å²) in [4.78, 5) is 15.4. The van der Waals surface area contributed by atoms with Crippen LogP contribution in [0.5, 0.6) is 0 Å². The number of fused-ring (bicyclic) bond motifs is 1. The van der Waals surface area contributed by atoms with Crippen LogP contribution >= 0.6 is 0 Å². The predicted octanol–water partition coefficient (Wildman–Crippen LogP) is 4.08. The fraction of sp³-hybridized carbons (Fsp3) is 0.500. The highest BCUT2D eigenvalue weighted by Crippen LogP contribution is 2.39. The molecule has 0 aliphatic heterocycles. The van der Waals surface area contributed by atoms with E-state index >= 15 is 0 Å². The maximum atomic E-state index is 12.6. The Kier molecular flexibility index (Phi) is 6.37. The predicted molar refractivity (Wildman–Crippen MR) is 126 cm³/mol. The highest BCUT2D eigenvalue weighted by atomic mass is 32.2. The quantitative estimate of drug-likeness (QED) is 0.504. The Bertz CT molecular complexity index is 1340. The summed E-state index contributed by atoms with van der Waals surface area (Å²) in [5, 5.41) is 17.7. The number of carboxylic acids is 1. The maximum Gasteiger partial charge on any atom is 0.303 e. The van der Waals surface area contributed by atoms with E-state index in [1.807, 2.05) is 4.68 Å². The summed E-state index contributed by atoms with van der Waals surface area (Å²) in [6, 6.07) is 4.73. The number of rotatable bonds is 8. The Balaban J connectivity index is 1.61. The van der Waals surface area contributed by atoms with Crippen molar-refractivity contribution in [2.75, 3.05) is 5.75 Å². The van der Waals surface area contributed by atoms with E-state index in [4.69, 9.17) is 14.7 Å². The van der Waals surface area contributed by atoms with Crippen molar-refractivity contribution in [3.05, 3.63) is 35.0 Å². The molecule has 0 fully saturated rings. The van der Waals surface area contributed by atoms with Crippen LogP contribution in [0.4, 0.5) is 0 Å². The lowest BCUT2D eigenvalue weighted by Crippen LogP contribution is -2.24. The summed E-state index contributed by atoms with van der Waals surface area (Å²) in [7, 11) is -3.58. The van der Waals surface area contributed by atoms with Gasteiger partial charge in [0.25, 0.3) is 5.89 Å². The zero-order valence-electron chi connectivity index (χ0n) is 20.0. The van der Waals surface area contributed by atoms with E-state index < -0.39 is 15.8 Å². The van der Waals surface area contributed by atoms with Gasteiger partial charge in [0.2, 0.25) is 5.82 Å². The zero-order valence-corrected chi connectivity index (χ0v) is 20.8. The first kappa shape index (κ1) is 24.1. The third-order valence-electron chi connectivity index (χ3n) is 6.39. The van der Waals surface area contributed by atoms with E-state index in [1.165, 1.54) is 11.8 Å². The van der Waals surface area contributed by atoms with Gasteiger partial charge in [0.05, 0.1) is 10.6 Å². The average molecular weight is 487 g/mol. The number of nitrogens with zero attached hydrogens (tertiary/aromatic N) is 4. The van der Waals surface area contributed by atoms with E-state index in [0.29, 0.717) is 22.8 Å². The standard InChI is InChI=1S/C24H30N4O5S/c1-5-28-19-14-24(3,4)11-10-18(19)21(26-28)23-25-22(27-33-23)17-9-8-16(13-15(17)2)34(31,32)12-6-7-20(29)30/h8-9,13H,5-7,10-12,14H2,1-4H3,(H,29,30). The van der Waals surface area contributed by atoms with Gasteiger partial charge >= 0.3 is 5.97 Å². The van der Waals surface area contributed by atoms with Crippen LogP contribution in [0.3, 0.4) is 0 Å². The van der Waals surface area contributed by atoms with Crippen LogP contribution in [-0.4, -0.2) is 45.2 Å². The van der Waals surface area contributed by atoms with Crippen molar-refractivity contribution in [1.82, 2.24) is 19.9 Å². The highest BCUT2D eigenvalue weighted by Gasteiger charge is 2.32. The van der Waals surface area contributed by atoms with Crippen LogP contribution in [0, 0.1) is 12.3 Å². The summed E-state index contributed by atoms with van der Waals surface area (Å²) in [5.74, 6) is -0.489. The molecule has 1 aliphatic rings. The van der Waals surface area contributed by atoms with Crippen LogP contribution in [0.1, 0.15) is 56.9 Å². The van der Waals surface area contributed by atoms with Crippen LogP contribution in [-0.2, 0) is 34.0 Å². The summed E-state index contributed by atoms with van der Waals surface area (Å²) < 4.78 is 32.7. The summed E-state index contributed by atoms with van der Waals surface area (Å²) in [6.07, 6.45) is 2.80. The lowest BCUT2D eigenvalue weighted by molar-refractivity contribution is -0.137. The van der Waals surface area contributed by atoms with Gasteiger partial charge in [-0.1, -0.05) is 19.0 Å². The topological polar surface area (TPSA) is 128 Å². The molecular weight excluding hydrogens is 456 g/mol. The van der Waals surface area contributed by atoms with Crippen molar-refractivity contribution in [1.29, 1.82) is 0 Å². The number of hydrogen-bond acceptors (Lipinski definition) is 7. The summed E-state index contributed by atoms with van der Waals surface area (Å²) in [6.45, 7) is 9.16. The number of benzene rings is 1. The molecular formula is C24H30N4O5S. The second-order valence-electron chi connectivity index (χ2n) is 9.65. The van der Waals surface area contributed by atoms with Gasteiger partial charge < -0.3 is 9.63 Å². The van der Waals surface area contributed by atoms with Crippen molar-refractivity contribution >= 4 is 15.8 Å². The molecule has 2 aromatic heterocycles. The van der Waals surface area contributed by atoms with Gasteiger partial charge in [0.15, 0.2) is 15.5 Å². The first-order chi connectivity index (χ1) is 16.0. The third-order valence-corrected chi connectivity index (χ3v) is 8.19. The largest absolute Gasteiger partial charge is 0.481 e. The fourth-order valence-electron chi connectivity index (χ4n) is 4.47. The number of aryl methyl sites for hydroxylation is 2. The number of aromatic nitrogens is 4. The van der Waals surface area contributed by atoms with Gasteiger partial charge in [-0.05, 0) is 68.7 Å². The molecule has 9 nitrogen and oxygen atoms in total. The molecule has 0 spiro atoms. The van der Waals surface area contributed by atoms with Gasteiger partial charge in [-0.25, -0.2) is 8.42 Å². The molecule has 0 unspecified atom stereocenters. The molecule has 1 aliphatic carbocycles. The fourth-order valence-corrected chi connectivity index (χ4v) is 5.87. The monoisotopic (exact) mass is 486 g/mol. The first-order valence-electron chi connectivity index (χ1n) is 11.5. The molecule has 4 rings (SSSR count). The highest BCUT2D eigenvalue weighted by molar-refractivity contribution is 7.91. The Hall–Kier alpha value is -3.01.